The van der Waals surface area contributed by atoms with Crippen LogP contribution in [-0.2, 0) is 5.60 Å². The van der Waals surface area contributed by atoms with Crippen LogP contribution in [0.5, 0.6) is 0 Å². The van der Waals surface area contributed by atoms with Crippen molar-refractivity contribution in [1.82, 2.24) is 5.32 Å². The Morgan fingerprint density at radius 3 is 2.75 bits per heavy atom. The lowest BCUT2D eigenvalue weighted by atomic mass is 10.0. The molecule has 1 heterocycles. The van der Waals surface area contributed by atoms with Crippen LogP contribution in [0.1, 0.15) is 23.0 Å². The van der Waals surface area contributed by atoms with E-state index in [4.69, 9.17) is 4.42 Å². The minimum Gasteiger partial charge on any atom is -0.466 e. The summed E-state index contributed by atoms with van der Waals surface area (Å²) in [6.07, 6.45) is 3.42. The van der Waals surface area contributed by atoms with Crippen LogP contribution in [0.25, 0.3) is 0 Å². The number of hydrogen-bond acceptors (Lipinski definition) is 4. The monoisotopic (exact) mass is 291 g/mol. The Hall–Kier alpha value is -1.72. The van der Waals surface area contributed by atoms with E-state index in [0.29, 0.717) is 11.3 Å². The van der Waals surface area contributed by atoms with Gasteiger partial charge in [0.25, 0.3) is 5.91 Å². The Morgan fingerprint density at radius 1 is 1.35 bits per heavy atom. The fraction of sp³-hybridized carbons (Fsp3) is 0.267. The lowest BCUT2D eigenvalue weighted by Gasteiger charge is -2.21. The van der Waals surface area contributed by atoms with Gasteiger partial charge in [0.2, 0.25) is 0 Å². The Kier molecular flexibility index (Phi) is 4.52. The molecule has 106 valence electrons. The van der Waals surface area contributed by atoms with Gasteiger partial charge in [-0.25, -0.2) is 0 Å². The summed E-state index contributed by atoms with van der Waals surface area (Å²) in [5.41, 5.74) is -0.622. The van der Waals surface area contributed by atoms with Gasteiger partial charge in [-0.05, 0) is 37.4 Å². The Labute approximate surface area is 122 Å². The molecule has 0 spiro atoms. The molecule has 4 nitrogen and oxygen atoms in total. The summed E-state index contributed by atoms with van der Waals surface area (Å²) in [7, 11) is 0. The van der Waals surface area contributed by atoms with Crippen LogP contribution in [0, 0.1) is 0 Å². The molecular weight excluding hydrogens is 274 g/mol. The van der Waals surface area contributed by atoms with Gasteiger partial charge >= 0.3 is 0 Å². The largest absolute Gasteiger partial charge is 0.466 e. The van der Waals surface area contributed by atoms with Gasteiger partial charge in [-0.2, -0.15) is 0 Å². The lowest BCUT2D eigenvalue weighted by Crippen LogP contribution is -2.38. The number of carbonyl (C=O) groups excluding carboxylic acids is 1. The van der Waals surface area contributed by atoms with Crippen LogP contribution >= 0.6 is 11.8 Å². The summed E-state index contributed by atoms with van der Waals surface area (Å²) >= 11 is 1.51. The van der Waals surface area contributed by atoms with Crippen LogP contribution in [0.15, 0.2) is 52.0 Å². The van der Waals surface area contributed by atoms with Crippen molar-refractivity contribution in [3.8, 4) is 0 Å². The second-order valence-corrected chi connectivity index (χ2v) is 5.48. The zero-order valence-corrected chi connectivity index (χ0v) is 12.2. The number of nitrogens with one attached hydrogen (secondary N) is 1. The maximum Gasteiger partial charge on any atom is 0.252 e. The van der Waals surface area contributed by atoms with E-state index in [1.165, 1.54) is 18.0 Å². The van der Waals surface area contributed by atoms with Crippen molar-refractivity contribution in [2.24, 2.45) is 0 Å². The topological polar surface area (TPSA) is 62.5 Å². The highest BCUT2D eigenvalue weighted by molar-refractivity contribution is 7.98. The maximum absolute atomic E-state index is 12.2. The summed E-state index contributed by atoms with van der Waals surface area (Å²) in [6, 6.07) is 10.8. The first-order valence-electron chi connectivity index (χ1n) is 6.22. The molecule has 0 aliphatic heterocycles. The predicted molar refractivity (Wildman–Crippen MR) is 78.8 cm³/mol. The number of benzene rings is 1. The predicted octanol–water partition coefficient (Wildman–Crippen LogP) is 2.64. The lowest BCUT2D eigenvalue weighted by molar-refractivity contribution is 0.0330. The average Bonchev–Trinajstić information content (AvgIpc) is 3.00. The van der Waals surface area contributed by atoms with Crippen LogP contribution < -0.4 is 5.32 Å². The SMILES string of the molecule is CSc1ccccc1C(=O)NC[C@](C)(O)c1ccco1. The van der Waals surface area contributed by atoms with Gasteiger partial charge in [0.1, 0.15) is 11.4 Å². The fourth-order valence-electron chi connectivity index (χ4n) is 1.85. The number of aliphatic hydroxyl groups is 1. The molecule has 5 heteroatoms. The molecule has 1 aromatic heterocycles. The number of rotatable bonds is 5. The molecular formula is C15H17NO3S. The molecule has 0 saturated carbocycles. The van der Waals surface area contributed by atoms with Gasteiger partial charge in [0, 0.05) is 4.90 Å². The molecule has 20 heavy (non-hydrogen) atoms. The zero-order valence-electron chi connectivity index (χ0n) is 11.4. The van der Waals surface area contributed by atoms with Crippen molar-refractivity contribution < 1.29 is 14.3 Å². The van der Waals surface area contributed by atoms with Gasteiger partial charge in [-0.3, -0.25) is 4.79 Å². The average molecular weight is 291 g/mol. The van der Waals surface area contributed by atoms with E-state index < -0.39 is 5.60 Å². The molecule has 1 aromatic carbocycles. The molecule has 2 rings (SSSR count). The first-order chi connectivity index (χ1) is 9.54. The summed E-state index contributed by atoms with van der Waals surface area (Å²) in [4.78, 5) is 13.1. The highest BCUT2D eigenvalue weighted by atomic mass is 32.2. The van der Waals surface area contributed by atoms with Crippen LogP contribution in [-0.4, -0.2) is 23.8 Å². The standard InChI is InChI=1S/C15H17NO3S/c1-15(18,13-8-5-9-19-13)10-16-14(17)11-6-3-4-7-12(11)20-2/h3-9,18H,10H2,1-2H3,(H,16,17)/t15-/m0/s1. The van der Waals surface area contributed by atoms with E-state index in [1.807, 2.05) is 24.5 Å². The maximum atomic E-state index is 12.2. The zero-order chi connectivity index (χ0) is 14.6. The Morgan fingerprint density at radius 2 is 2.10 bits per heavy atom. The molecule has 0 radical (unpaired) electrons. The smallest absolute Gasteiger partial charge is 0.252 e. The molecule has 1 atom stereocenters. The number of hydrogen-bond donors (Lipinski definition) is 2. The first-order valence-corrected chi connectivity index (χ1v) is 7.44. The van der Waals surface area contributed by atoms with Gasteiger partial charge in [-0.15, -0.1) is 11.8 Å². The van der Waals surface area contributed by atoms with Gasteiger partial charge in [0.05, 0.1) is 18.4 Å². The van der Waals surface area contributed by atoms with E-state index in [1.54, 1.807) is 25.1 Å². The van der Waals surface area contributed by atoms with Gasteiger partial charge in [-0.1, -0.05) is 12.1 Å². The number of thioether (sulfide) groups is 1. The molecule has 0 aliphatic carbocycles. The van der Waals surface area contributed by atoms with E-state index in [9.17, 15) is 9.90 Å². The van der Waals surface area contributed by atoms with Crippen molar-refractivity contribution in [2.45, 2.75) is 17.4 Å². The number of carbonyl (C=O) groups is 1. The molecule has 2 aromatic rings. The van der Waals surface area contributed by atoms with Crippen molar-refractivity contribution in [3.05, 3.63) is 54.0 Å². The quantitative estimate of drug-likeness (QED) is 0.831. The highest BCUT2D eigenvalue weighted by Gasteiger charge is 2.27. The third-order valence-corrected chi connectivity index (χ3v) is 3.79. The highest BCUT2D eigenvalue weighted by Crippen LogP contribution is 2.22. The van der Waals surface area contributed by atoms with Gasteiger partial charge < -0.3 is 14.8 Å². The Balaban J connectivity index is 2.06. The third kappa shape index (κ3) is 3.23. The van der Waals surface area contributed by atoms with E-state index in [2.05, 4.69) is 5.32 Å². The molecule has 0 aliphatic rings. The number of amides is 1. The molecule has 2 N–H and O–H groups in total. The van der Waals surface area contributed by atoms with E-state index in [-0.39, 0.29) is 12.5 Å². The second kappa shape index (κ2) is 6.15. The van der Waals surface area contributed by atoms with Crippen molar-refractivity contribution in [1.29, 1.82) is 0 Å². The molecule has 0 fully saturated rings. The van der Waals surface area contributed by atoms with Crippen LogP contribution in [0.3, 0.4) is 0 Å². The van der Waals surface area contributed by atoms with Crippen molar-refractivity contribution >= 4 is 17.7 Å². The van der Waals surface area contributed by atoms with E-state index >= 15 is 0 Å². The van der Waals surface area contributed by atoms with Crippen LogP contribution in [0.4, 0.5) is 0 Å². The summed E-state index contributed by atoms with van der Waals surface area (Å²) < 4.78 is 5.18. The minimum absolute atomic E-state index is 0.0854. The van der Waals surface area contributed by atoms with Crippen molar-refractivity contribution in [3.63, 3.8) is 0 Å². The van der Waals surface area contributed by atoms with Crippen LogP contribution in [0.2, 0.25) is 0 Å². The van der Waals surface area contributed by atoms with Gasteiger partial charge in [0.15, 0.2) is 0 Å². The molecule has 0 saturated heterocycles. The second-order valence-electron chi connectivity index (χ2n) is 4.63. The summed E-state index contributed by atoms with van der Waals surface area (Å²) in [5, 5.41) is 13.0. The minimum atomic E-state index is -1.23. The Bertz CT molecular complexity index is 579. The first kappa shape index (κ1) is 14.7. The van der Waals surface area contributed by atoms with E-state index in [0.717, 1.165) is 4.90 Å². The third-order valence-electron chi connectivity index (χ3n) is 3.00. The molecule has 0 unspecified atom stereocenters. The molecule has 0 bridgehead atoms. The summed E-state index contributed by atoms with van der Waals surface area (Å²) in [6.45, 7) is 1.69. The number of furan rings is 1. The fourth-order valence-corrected chi connectivity index (χ4v) is 2.45. The molecule has 1 amide bonds. The van der Waals surface area contributed by atoms with Crippen molar-refractivity contribution in [2.75, 3.05) is 12.8 Å². The normalized spacial score (nSPS) is 13.8. The summed E-state index contributed by atoms with van der Waals surface area (Å²) in [5.74, 6) is 0.220.